The maximum Gasteiger partial charge on any atom is 0.254 e. The lowest BCUT2D eigenvalue weighted by molar-refractivity contribution is 0.0708. The monoisotopic (exact) mass is 341 g/mol. The van der Waals surface area contributed by atoms with Crippen LogP contribution in [0.4, 0.5) is 0 Å². The Kier molecular flexibility index (Phi) is 5.51. The molecule has 7 heteroatoms. The zero-order valence-corrected chi connectivity index (χ0v) is 14.6. The van der Waals surface area contributed by atoms with E-state index in [-0.39, 0.29) is 23.5 Å². The van der Waals surface area contributed by atoms with Crippen LogP contribution in [0.25, 0.3) is 0 Å². The molecule has 2 rings (SSSR count). The summed E-state index contributed by atoms with van der Waals surface area (Å²) < 4.78 is 34.0. The molecule has 1 aliphatic heterocycles. The highest BCUT2D eigenvalue weighted by molar-refractivity contribution is 7.91. The van der Waals surface area contributed by atoms with Gasteiger partial charge in [0, 0.05) is 18.2 Å². The molecule has 1 heterocycles. The number of rotatable bonds is 6. The molecule has 0 bridgehead atoms. The highest BCUT2D eigenvalue weighted by Gasteiger charge is 2.34. The molecule has 0 unspecified atom stereocenters. The molecule has 1 atom stereocenters. The SMILES string of the molecule is CCOc1ccc(C(=O)N(CC)[C@@H]2CCS(=O)(=O)C2)cc1OC. The van der Waals surface area contributed by atoms with E-state index >= 15 is 0 Å². The summed E-state index contributed by atoms with van der Waals surface area (Å²) in [7, 11) is -1.51. The third-order valence-electron chi connectivity index (χ3n) is 3.96. The van der Waals surface area contributed by atoms with Crippen molar-refractivity contribution >= 4 is 15.7 Å². The number of nitrogens with zero attached hydrogens (tertiary/aromatic N) is 1. The van der Waals surface area contributed by atoms with Gasteiger partial charge in [0.2, 0.25) is 0 Å². The Bertz CT molecular complexity index is 671. The van der Waals surface area contributed by atoms with Gasteiger partial charge in [-0.05, 0) is 38.5 Å². The molecule has 1 aromatic carbocycles. The van der Waals surface area contributed by atoms with Crippen LogP contribution in [0.5, 0.6) is 11.5 Å². The van der Waals surface area contributed by atoms with Crippen molar-refractivity contribution in [1.29, 1.82) is 0 Å². The van der Waals surface area contributed by atoms with Gasteiger partial charge in [-0.3, -0.25) is 4.79 Å². The Morgan fingerprint density at radius 3 is 2.57 bits per heavy atom. The van der Waals surface area contributed by atoms with Crippen LogP contribution in [-0.2, 0) is 9.84 Å². The fourth-order valence-corrected chi connectivity index (χ4v) is 4.56. The van der Waals surface area contributed by atoms with E-state index in [0.717, 1.165) is 0 Å². The minimum absolute atomic E-state index is 0.0424. The van der Waals surface area contributed by atoms with Crippen molar-refractivity contribution < 1.29 is 22.7 Å². The predicted molar refractivity (Wildman–Crippen MR) is 87.9 cm³/mol. The number of hydrogen-bond acceptors (Lipinski definition) is 5. The Labute approximate surface area is 137 Å². The fraction of sp³-hybridized carbons (Fsp3) is 0.562. The Morgan fingerprint density at radius 1 is 1.30 bits per heavy atom. The number of amides is 1. The first kappa shape index (κ1) is 17.6. The first-order chi connectivity index (χ1) is 10.9. The van der Waals surface area contributed by atoms with E-state index in [1.807, 2.05) is 13.8 Å². The van der Waals surface area contributed by atoms with Crippen LogP contribution >= 0.6 is 0 Å². The summed E-state index contributed by atoms with van der Waals surface area (Å²) in [5.41, 5.74) is 0.469. The van der Waals surface area contributed by atoms with Gasteiger partial charge in [-0.1, -0.05) is 0 Å². The second kappa shape index (κ2) is 7.21. The molecule has 1 aliphatic rings. The largest absolute Gasteiger partial charge is 0.493 e. The van der Waals surface area contributed by atoms with Crippen LogP contribution in [0.1, 0.15) is 30.6 Å². The predicted octanol–water partition coefficient (Wildman–Crippen LogP) is 1.74. The van der Waals surface area contributed by atoms with E-state index in [4.69, 9.17) is 9.47 Å². The lowest BCUT2D eigenvalue weighted by Crippen LogP contribution is -2.40. The van der Waals surface area contributed by atoms with Crippen molar-refractivity contribution in [2.24, 2.45) is 0 Å². The number of sulfone groups is 1. The van der Waals surface area contributed by atoms with Crippen LogP contribution < -0.4 is 9.47 Å². The number of carbonyl (C=O) groups excluding carboxylic acids is 1. The molecule has 1 aromatic rings. The maximum atomic E-state index is 12.7. The normalized spacial score (nSPS) is 19.3. The minimum atomic E-state index is -3.03. The number of benzene rings is 1. The summed E-state index contributed by atoms with van der Waals surface area (Å²) in [4.78, 5) is 14.4. The first-order valence-corrected chi connectivity index (χ1v) is 9.56. The summed E-state index contributed by atoms with van der Waals surface area (Å²) in [6.45, 7) is 4.70. The van der Waals surface area contributed by atoms with E-state index < -0.39 is 9.84 Å². The standard InChI is InChI=1S/C16H23NO5S/c1-4-17(13-8-9-23(19,20)11-13)16(18)12-6-7-14(22-5-2)15(10-12)21-3/h6-7,10,13H,4-5,8-9,11H2,1-3H3/t13-/m1/s1. The summed E-state index contributed by atoms with van der Waals surface area (Å²) in [5.74, 6) is 1.08. The van der Waals surface area contributed by atoms with Gasteiger partial charge in [0.15, 0.2) is 21.3 Å². The van der Waals surface area contributed by atoms with E-state index in [0.29, 0.717) is 36.6 Å². The molecule has 0 saturated carbocycles. The Balaban J connectivity index is 2.24. The molecule has 1 fully saturated rings. The van der Waals surface area contributed by atoms with Crippen molar-refractivity contribution in [2.75, 3.05) is 31.8 Å². The van der Waals surface area contributed by atoms with E-state index in [9.17, 15) is 13.2 Å². The number of methoxy groups -OCH3 is 1. The molecule has 0 spiro atoms. The van der Waals surface area contributed by atoms with E-state index in [2.05, 4.69) is 0 Å². The van der Waals surface area contributed by atoms with Crippen molar-refractivity contribution in [3.8, 4) is 11.5 Å². The summed E-state index contributed by atoms with van der Waals surface area (Å²) in [5, 5.41) is 0. The minimum Gasteiger partial charge on any atom is -0.493 e. The molecular weight excluding hydrogens is 318 g/mol. The second-order valence-electron chi connectivity index (χ2n) is 5.45. The third-order valence-corrected chi connectivity index (χ3v) is 5.71. The molecule has 1 amide bonds. The summed E-state index contributed by atoms with van der Waals surface area (Å²) in [6, 6.07) is 4.77. The van der Waals surface area contributed by atoms with Gasteiger partial charge in [0.25, 0.3) is 5.91 Å². The summed E-state index contributed by atoms with van der Waals surface area (Å²) >= 11 is 0. The lowest BCUT2D eigenvalue weighted by Gasteiger charge is -2.27. The van der Waals surface area contributed by atoms with Gasteiger partial charge >= 0.3 is 0 Å². The molecule has 0 N–H and O–H groups in total. The molecule has 6 nitrogen and oxygen atoms in total. The zero-order valence-electron chi connectivity index (χ0n) is 13.7. The fourth-order valence-electron chi connectivity index (χ4n) is 2.83. The maximum absolute atomic E-state index is 12.7. The van der Waals surface area contributed by atoms with Crippen LogP contribution in [0.2, 0.25) is 0 Å². The van der Waals surface area contributed by atoms with Gasteiger partial charge in [-0.2, -0.15) is 0 Å². The van der Waals surface area contributed by atoms with Crippen molar-refractivity contribution in [3.05, 3.63) is 23.8 Å². The summed E-state index contributed by atoms with van der Waals surface area (Å²) in [6.07, 6.45) is 0.496. The zero-order chi connectivity index (χ0) is 17.0. The molecule has 128 valence electrons. The average molecular weight is 341 g/mol. The van der Waals surface area contributed by atoms with E-state index in [1.165, 1.54) is 7.11 Å². The highest BCUT2D eigenvalue weighted by atomic mass is 32.2. The van der Waals surface area contributed by atoms with Crippen LogP contribution in [0.3, 0.4) is 0 Å². The number of ether oxygens (including phenoxy) is 2. The molecule has 23 heavy (non-hydrogen) atoms. The average Bonchev–Trinajstić information content (AvgIpc) is 2.88. The number of carbonyl (C=O) groups is 1. The van der Waals surface area contributed by atoms with Gasteiger partial charge < -0.3 is 14.4 Å². The third kappa shape index (κ3) is 3.96. The van der Waals surface area contributed by atoms with Crippen molar-refractivity contribution in [3.63, 3.8) is 0 Å². The second-order valence-corrected chi connectivity index (χ2v) is 7.68. The Morgan fingerprint density at radius 2 is 2.04 bits per heavy atom. The Hall–Kier alpha value is -1.76. The first-order valence-electron chi connectivity index (χ1n) is 7.74. The van der Waals surface area contributed by atoms with Crippen LogP contribution in [0, 0.1) is 0 Å². The van der Waals surface area contributed by atoms with Gasteiger partial charge in [0.05, 0.1) is 25.2 Å². The molecule has 1 saturated heterocycles. The molecule has 0 aromatic heterocycles. The van der Waals surface area contributed by atoms with Gasteiger partial charge in [-0.25, -0.2) is 8.42 Å². The van der Waals surface area contributed by atoms with Gasteiger partial charge in [0.1, 0.15) is 0 Å². The quantitative estimate of drug-likeness (QED) is 0.788. The van der Waals surface area contributed by atoms with Crippen molar-refractivity contribution in [2.45, 2.75) is 26.3 Å². The van der Waals surface area contributed by atoms with Crippen molar-refractivity contribution in [1.82, 2.24) is 4.90 Å². The molecule has 0 radical (unpaired) electrons. The van der Waals surface area contributed by atoms with Crippen LogP contribution in [0.15, 0.2) is 18.2 Å². The number of hydrogen-bond donors (Lipinski definition) is 0. The smallest absolute Gasteiger partial charge is 0.254 e. The topological polar surface area (TPSA) is 72.9 Å². The van der Waals surface area contributed by atoms with Gasteiger partial charge in [-0.15, -0.1) is 0 Å². The highest BCUT2D eigenvalue weighted by Crippen LogP contribution is 2.29. The van der Waals surface area contributed by atoms with E-state index in [1.54, 1.807) is 23.1 Å². The molecule has 0 aliphatic carbocycles. The lowest BCUT2D eigenvalue weighted by atomic mass is 10.1. The van der Waals surface area contributed by atoms with Crippen LogP contribution in [-0.4, -0.2) is 57.0 Å². The molecular formula is C16H23NO5S.